The minimum Gasteiger partial charge on any atom is -0.497 e. The zero-order chi connectivity index (χ0) is 14.7. The number of hydrogen-bond acceptors (Lipinski definition) is 2. The van der Waals surface area contributed by atoms with Crippen LogP contribution in [0.15, 0.2) is 60.8 Å². The summed E-state index contributed by atoms with van der Waals surface area (Å²) >= 11 is 6.32. The van der Waals surface area contributed by atoms with Gasteiger partial charge in [-0.1, -0.05) is 54.1 Å². The third-order valence-electron chi connectivity index (χ3n) is 3.25. The molecule has 2 aromatic carbocycles. The molecule has 0 unspecified atom stereocenters. The maximum atomic E-state index is 6.32. The first-order valence-electron chi connectivity index (χ1n) is 6.67. The Kier molecular flexibility index (Phi) is 3.93. The first-order chi connectivity index (χ1) is 10.3. The average molecular weight is 299 g/mol. The molecule has 3 nitrogen and oxygen atoms in total. The lowest BCUT2D eigenvalue weighted by Gasteiger charge is -2.03. The summed E-state index contributed by atoms with van der Waals surface area (Å²) in [6, 6.07) is 17.9. The molecule has 21 heavy (non-hydrogen) atoms. The van der Waals surface area contributed by atoms with Gasteiger partial charge in [-0.15, -0.1) is 0 Å². The van der Waals surface area contributed by atoms with Gasteiger partial charge >= 0.3 is 0 Å². The summed E-state index contributed by atoms with van der Waals surface area (Å²) in [6.45, 7) is 0.699. The second kappa shape index (κ2) is 6.02. The van der Waals surface area contributed by atoms with E-state index in [0.29, 0.717) is 11.6 Å². The van der Waals surface area contributed by atoms with Crippen molar-refractivity contribution in [2.45, 2.75) is 6.54 Å². The van der Waals surface area contributed by atoms with Crippen LogP contribution in [0.5, 0.6) is 5.75 Å². The summed E-state index contributed by atoms with van der Waals surface area (Å²) in [4.78, 5) is 0. The van der Waals surface area contributed by atoms with Gasteiger partial charge in [-0.25, -0.2) is 0 Å². The smallest absolute Gasteiger partial charge is 0.119 e. The van der Waals surface area contributed by atoms with Gasteiger partial charge in [0.15, 0.2) is 0 Å². The number of nitrogens with zero attached hydrogens (tertiary/aromatic N) is 2. The Morgan fingerprint density at radius 3 is 2.67 bits per heavy atom. The van der Waals surface area contributed by atoms with Gasteiger partial charge in [0.05, 0.1) is 18.7 Å². The van der Waals surface area contributed by atoms with Crippen molar-refractivity contribution in [3.8, 4) is 17.0 Å². The van der Waals surface area contributed by atoms with Crippen molar-refractivity contribution in [2.24, 2.45) is 0 Å². The minimum atomic E-state index is 0.638. The highest BCUT2D eigenvalue weighted by Gasteiger charge is 2.10. The van der Waals surface area contributed by atoms with Crippen LogP contribution in [0.3, 0.4) is 0 Å². The number of ether oxygens (including phenoxy) is 1. The number of hydrogen-bond donors (Lipinski definition) is 0. The van der Waals surface area contributed by atoms with E-state index in [9.17, 15) is 0 Å². The van der Waals surface area contributed by atoms with E-state index >= 15 is 0 Å². The van der Waals surface area contributed by atoms with E-state index < -0.39 is 0 Å². The molecule has 0 aliphatic heterocycles. The summed E-state index contributed by atoms with van der Waals surface area (Å²) in [5, 5.41) is 5.22. The highest BCUT2D eigenvalue weighted by Crippen LogP contribution is 2.28. The van der Waals surface area contributed by atoms with Crippen molar-refractivity contribution in [3.05, 3.63) is 71.4 Å². The molecule has 0 spiro atoms. The molecule has 0 N–H and O–H groups in total. The SMILES string of the molecule is COc1cccc(-c2nn(Cc3ccccc3)cc2Cl)c1. The molecule has 0 saturated carbocycles. The summed E-state index contributed by atoms with van der Waals surface area (Å²) in [7, 11) is 1.65. The Morgan fingerprint density at radius 2 is 1.90 bits per heavy atom. The third kappa shape index (κ3) is 3.09. The van der Waals surface area contributed by atoms with E-state index in [1.807, 2.05) is 53.3 Å². The second-order valence-electron chi connectivity index (χ2n) is 4.74. The van der Waals surface area contributed by atoms with Crippen LogP contribution in [0.25, 0.3) is 11.3 Å². The van der Waals surface area contributed by atoms with Crippen molar-refractivity contribution in [1.82, 2.24) is 9.78 Å². The largest absolute Gasteiger partial charge is 0.497 e. The molecule has 3 rings (SSSR count). The lowest BCUT2D eigenvalue weighted by Crippen LogP contribution is -2.00. The number of benzene rings is 2. The maximum Gasteiger partial charge on any atom is 0.119 e. The maximum absolute atomic E-state index is 6.32. The molecule has 0 fully saturated rings. The van der Waals surface area contributed by atoms with Gasteiger partial charge in [0.1, 0.15) is 11.4 Å². The molecule has 3 aromatic rings. The van der Waals surface area contributed by atoms with Gasteiger partial charge in [0.2, 0.25) is 0 Å². The van der Waals surface area contributed by atoms with Gasteiger partial charge in [0.25, 0.3) is 0 Å². The Hall–Kier alpha value is -2.26. The molecule has 0 radical (unpaired) electrons. The van der Waals surface area contributed by atoms with Crippen molar-refractivity contribution >= 4 is 11.6 Å². The number of halogens is 1. The monoisotopic (exact) mass is 298 g/mol. The molecule has 0 bridgehead atoms. The van der Waals surface area contributed by atoms with Crippen LogP contribution in [0.1, 0.15) is 5.56 Å². The highest BCUT2D eigenvalue weighted by molar-refractivity contribution is 6.33. The van der Waals surface area contributed by atoms with E-state index in [0.717, 1.165) is 17.0 Å². The molecule has 106 valence electrons. The molecule has 0 aliphatic carbocycles. The molecular weight excluding hydrogens is 284 g/mol. The Bertz CT molecular complexity index is 738. The summed E-state index contributed by atoms with van der Waals surface area (Å²) in [5.41, 5.74) is 2.91. The molecule has 1 heterocycles. The van der Waals surface area contributed by atoms with Gasteiger partial charge in [-0.3, -0.25) is 4.68 Å². The fourth-order valence-electron chi connectivity index (χ4n) is 2.21. The van der Waals surface area contributed by atoms with E-state index in [-0.39, 0.29) is 0 Å². The van der Waals surface area contributed by atoms with Crippen LogP contribution in [0.2, 0.25) is 5.02 Å². The first kappa shape index (κ1) is 13.7. The first-order valence-corrected chi connectivity index (χ1v) is 7.05. The van der Waals surface area contributed by atoms with Gasteiger partial charge in [0, 0.05) is 11.8 Å². The van der Waals surface area contributed by atoms with Crippen LogP contribution in [-0.2, 0) is 6.54 Å². The Labute approximate surface area is 128 Å². The fraction of sp³-hybridized carbons (Fsp3) is 0.118. The zero-order valence-electron chi connectivity index (χ0n) is 11.7. The van der Waals surface area contributed by atoms with E-state index in [1.165, 1.54) is 5.56 Å². The zero-order valence-corrected chi connectivity index (χ0v) is 12.4. The predicted molar refractivity (Wildman–Crippen MR) is 84.8 cm³/mol. The number of methoxy groups -OCH3 is 1. The van der Waals surface area contributed by atoms with Crippen molar-refractivity contribution in [3.63, 3.8) is 0 Å². The van der Waals surface area contributed by atoms with Crippen LogP contribution in [-0.4, -0.2) is 16.9 Å². The molecule has 0 atom stereocenters. The number of rotatable bonds is 4. The molecule has 4 heteroatoms. The van der Waals surface area contributed by atoms with Crippen molar-refractivity contribution in [1.29, 1.82) is 0 Å². The van der Waals surface area contributed by atoms with Gasteiger partial charge in [-0.2, -0.15) is 5.10 Å². The van der Waals surface area contributed by atoms with E-state index in [2.05, 4.69) is 17.2 Å². The highest BCUT2D eigenvalue weighted by atomic mass is 35.5. The predicted octanol–water partition coefficient (Wildman–Crippen LogP) is 4.26. The normalized spacial score (nSPS) is 10.6. The van der Waals surface area contributed by atoms with Crippen LogP contribution in [0, 0.1) is 0 Å². The Balaban J connectivity index is 1.90. The molecule has 0 amide bonds. The quantitative estimate of drug-likeness (QED) is 0.719. The van der Waals surface area contributed by atoms with E-state index in [4.69, 9.17) is 16.3 Å². The average Bonchev–Trinajstić information content (AvgIpc) is 2.89. The topological polar surface area (TPSA) is 27.1 Å². The molecule has 1 aromatic heterocycles. The Morgan fingerprint density at radius 1 is 1.10 bits per heavy atom. The lowest BCUT2D eigenvalue weighted by molar-refractivity contribution is 0.415. The van der Waals surface area contributed by atoms with Crippen LogP contribution in [0.4, 0.5) is 0 Å². The standard InChI is InChI=1S/C17H15ClN2O/c1-21-15-9-5-8-14(10-15)17-16(18)12-20(19-17)11-13-6-3-2-4-7-13/h2-10,12H,11H2,1H3. The lowest BCUT2D eigenvalue weighted by atomic mass is 10.1. The summed E-state index contributed by atoms with van der Waals surface area (Å²) < 4.78 is 7.09. The molecule has 0 aliphatic rings. The molecule has 0 saturated heterocycles. The number of aromatic nitrogens is 2. The summed E-state index contributed by atoms with van der Waals surface area (Å²) in [6.07, 6.45) is 1.85. The summed E-state index contributed by atoms with van der Waals surface area (Å²) in [5.74, 6) is 0.793. The molecular formula is C17H15ClN2O. The fourth-order valence-corrected chi connectivity index (χ4v) is 2.47. The van der Waals surface area contributed by atoms with Gasteiger partial charge in [-0.05, 0) is 17.7 Å². The van der Waals surface area contributed by atoms with Gasteiger partial charge < -0.3 is 4.74 Å². The van der Waals surface area contributed by atoms with Crippen molar-refractivity contribution < 1.29 is 4.74 Å². The van der Waals surface area contributed by atoms with E-state index in [1.54, 1.807) is 7.11 Å². The second-order valence-corrected chi connectivity index (χ2v) is 5.15. The third-order valence-corrected chi connectivity index (χ3v) is 3.52. The van der Waals surface area contributed by atoms with Crippen LogP contribution < -0.4 is 4.74 Å². The van der Waals surface area contributed by atoms with Crippen LogP contribution >= 0.6 is 11.6 Å². The van der Waals surface area contributed by atoms with Crippen molar-refractivity contribution in [2.75, 3.05) is 7.11 Å². The minimum absolute atomic E-state index is 0.638.